The molecule has 0 aromatic carbocycles. The standard InChI is InChI=1S/C13H19NO/c1-3-11-4-6-12(7-5-11)8-14-9-13(10-14)15-2/h1,4,6,11-13H,5,7-10H2,2H3. The Labute approximate surface area is 92.3 Å². The SMILES string of the molecule is C#CC1C=CC(CN2CC(OC)C2)CC1. The second-order valence-electron chi connectivity index (χ2n) is 4.57. The van der Waals surface area contributed by atoms with Crippen LogP contribution in [0.1, 0.15) is 12.8 Å². The van der Waals surface area contributed by atoms with E-state index in [-0.39, 0.29) is 0 Å². The van der Waals surface area contributed by atoms with Gasteiger partial charge in [0.2, 0.25) is 0 Å². The zero-order valence-corrected chi connectivity index (χ0v) is 9.36. The van der Waals surface area contributed by atoms with E-state index in [1.807, 2.05) is 0 Å². The molecule has 82 valence electrons. The third-order valence-corrected chi connectivity index (χ3v) is 3.43. The van der Waals surface area contributed by atoms with Crippen molar-refractivity contribution in [1.29, 1.82) is 0 Å². The van der Waals surface area contributed by atoms with E-state index in [4.69, 9.17) is 11.2 Å². The minimum absolute atomic E-state index is 0.379. The van der Waals surface area contributed by atoms with Crippen LogP contribution in [0.5, 0.6) is 0 Å². The average Bonchev–Trinajstić information content (AvgIpc) is 2.23. The van der Waals surface area contributed by atoms with Gasteiger partial charge in [0, 0.05) is 32.7 Å². The highest BCUT2D eigenvalue weighted by molar-refractivity contribution is 5.10. The molecular formula is C13H19NO. The topological polar surface area (TPSA) is 12.5 Å². The summed E-state index contributed by atoms with van der Waals surface area (Å²) in [6.45, 7) is 3.37. The normalized spacial score (nSPS) is 32.3. The van der Waals surface area contributed by atoms with Crippen molar-refractivity contribution in [2.24, 2.45) is 11.8 Å². The van der Waals surface area contributed by atoms with Crippen LogP contribution in [-0.2, 0) is 4.74 Å². The van der Waals surface area contributed by atoms with Gasteiger partial charge in [-0.3, -0.25) is 4.90 Å². The molecule has 0 spiro atoms. The Balaban J connectivity index is 1.72. The van der Waals surface area contributed by atoms with Crippen molar-refractivity contribution in [1.82, 2.24) is 4.90 Å². The molecule has 0 radical (unpaired) electrons. The molecule has 2 unspecified atom stereocenters. The van der Waals surface area contributed by atoms with E-state index in [2.05, 4.69) is 23.0 Å². The van der Waals surface area contributed by atoms with Gasteiger partial charge in [-0.2, -0.15) is 0 Å². The van der Waals surface area contributed by atoms with Crippen molar-refractivity contribution < 1.29 is 4.74 Å². The van der Waals surface area contributed by atoms with Crippen molar-refractivity contribution >= 4 is 0 Å². The fraction of sp³-hybridized carbons (Fsp3) is 0.692. The fourth-order valence-corrected chi connectivity index (χ4v) is 2.32. The number of terminal acetylenes is 1. The van der Waals surface area contributed by atoms with Gasteiger partial charge in [0.25, 0.3) is 0 Å². The summed E-state index contributed by atoms with van der Waals surface area (Å²) in [5.74, 6) is 3.88. The molecule has 0 amide bonds. The van der Waals surface area contributed by atoms with Gasteiger partial charge < -0.3 is 4.74 Å². The highest BCUT2D eigenvalue weighted by Gasteiger charge is 2.28. The molecule has 2 rings (SSSR count). The molecule has 1 heterocycles. The smallest absolute Gasteiger partial charge is 0.0824 e. The quantitative estimate of drug-likeness (QED) is 0.512. The predicted octanol–water partition coefficient (Wildman–Crippen LogP) is 1.53. The maximum absolute atomic E-state index is 5.40. The number of rotatable bonds is 3. The lowest BCUT2D eigenvalue weighted by molar-refractivity contribution is -0.0339. The van der Waals surface area contributed by atoms with Crippen molar-refractivity contribution in [3.63, 3.8) is 0 Å². The Bertz CT molecular complexity index is 273. The number of hydrogen-bond donors (Lipinski definition) is 0. The number of allylic oxidation sites excluding steroid dienone is 1. The molecule has 2 atom stereocenters. The summed E-state index contributed by atoms with van der Waals surface area (Å²) in [6, 6.07) is 0. The van der Waals surface area contributed by atoms with Crippen molar-refractivity contribution in [2.75, 3.05) is 26.7 Å². The van der Waals surface area contributed by atoms with E-state index < -0.39 is 0 Å². The van der Waals surface area contributed by atoms with E-state index >= 15 is 0 Å². The maximum atomic E-state index is 5.40. The fourth-order valence-electron chi connectivity index (χ4n) is 2.32. The van der Waals surface area contributed by atoms with Gasteiger partial charge in [0.05, 0.1) is 6.10 Å². The molecule has 0 aromatic heterocycles. The molecule has 0 aromatic rings. The van der Waals surface area contributed by atoms with E-state index in [0.29, 0.717) is 17.9 Å². The Morgan fingerprint density at radius 2 is 2.20 bits per heavy atom. The van der Waals surface area contributed by atoms with Crippen LogP contribution in [-0.4, -0.2) is 37.7 Å². The minimum Gasteiger partial charge on any atom is -0.379 e. The van der Waals surface area contributed by atoms with Crippen molar-refractivity contribution in [3.05, 3.63) is 12.2 Å². The predicted molar refractivity (Wildman–Crippen MR) is 61.4 cm³/mol. The molecule has 0 saturated carbocycles. The third-order valence-electron chi connectivity index (χ3n) is 3.43. The van der Waals surface area contributed by atoms with E-state index in [1.165, 1.54) is 13.0 Å². The van der Waals surface area contributed by atoms with Gasteiger partial charge in [0.1, 0.15) is 0 Å². The first-order valence-electron chi connectivity index (χ1n) is 5.71. The number of ether oxygens (including phenoxy) is 1. The molecular weight excluding hydrogens is 186 g/mol. The minimum atomic E-state index is 0.379. The Kier molecular flexibility index (Phi) is 3.45. The van der Waals surface area contributed by atoms with Crippen LogP contribution in [0.2, 0.25) is 0 Å². The van der Waals surface area contributed by atoms with E-state index in [9.17, 15) is 0 Å². The summed E-state index contributed by atoms with van der Waals surface area (Å²) in [5, 5.41) is 0. The molecule has 1 aliphatic carbocycles. The van der Waals surface area contributed by atoms with Gasteiger partial charge in [-0.05, 0) is 18.8 Å². The molecule has 1 aliphatic heterocycles. The van der Waals surface area contributed by atoms with Crippen molar-refractivity contribution in [2.45, 2.75) is 18.9 Å². The highest BCUT2D eigenvalue weighted by Crippen LogP contribution is 2.24. The Hall–Kier alpha value is -0.780. The van der Waals surface area contributed by atoms with Crippen molar-refractivity contribution in [3.8, 4) is 12.3 Å². The number of likely N-dealkylation sites (tertiary alicyclic amines) is 1. The monoisotopic (exact) mass is 205 g/mol. The summed E-state index contributed by atoms with van der Waals surface area (Å²) in [7, 11) is 1.79. The first kappa shape index (κ1) is 10.7. The van der Waals surface area contributed by atoms with Crippen LogP contribution in [0, 0.1) is 24.2 Å². The molecule has 15 heavy (non-hydrogen) atoms. The van der Waals surface area contributed by atoms with Crippen LogP contribution >= 0.6 is 0 Å². The highest BCUT2D eigenvalue weighted by atomic mass is 16.5. The third kappa shape index (κ3) is 2.62. The molecule has 2 nitrogen and oxygen atoms in total. The van der Waals surface area contributed by atoms with Crippen LogP contribution in [0.4, 0.5) is 0 Å². The lowest BCUT2D eigenvalue weighted by Crippen LogP contribution is -2.53. The second-order valence-corrected chi connectivity index (χ2v) is 4.57. The molecule has 0 N–H and O–H groups in total. The number of methoxy groups -OCH3 is 1. The Morgan fingerprint density at radius 3 is 2.73 bits per heavy atom. The maximum Gasteiger partial charge on any atom is 0.0824 e. The van der Waals surface area contributed by atoms with Crippen LogP contribution < -0.4 is 0 Å². The van der Waals surface area contributed by atoms with Gasteiger partial charge in [0.15, 0.2) is 0 Å². The summed E-state index contributed by atoms with van der Waals surface area (Å²) in [4.78, 5) is 2.46. The van der Waals surface area contributed by atoms with Gasteiger partial charge in [-0.25, -0.2) is 0 Å². The summed E-state index contributed by atoms with van der Waals surface area (Å²) >= 11 is 0. The zero-order chi connectivity index (χ0) is 10.7. The van der Waals surface area contributed by atoms with Gasteiger partial charge in [-0.1, -0.05) is 18.1 Å². The number of nitrogens with zero attached hydrogens (tertiary/aromatic N) is 1. The molecule has 0 bridgehead atoms. The van der Waals surface area contributed by atoms with Gasteiger partial charge in [-0.15, -0.1) is 6.42 Å². The van der Waals surface area contributed by atoms with Crippen LogP contribution in [0.25, 0.3) is 0 Å². The summed E-state index contributed by atoms with van der Waals surface area (Å²) in [5.41, 5.74) is 0. The van der Waals surface area contributed by atoms with E-state index in [0.717, 1.165) is 19.5 Å². The van der Waals surface area contributed by atoms with Crippen LogP contribution in [0.15, 0.2) is 12.2 Å². The Morgan fingerprint density at radius 1 is 1.40 bits per heavy atom. The van der Waals surface area contributed by atoms with E-state index in [1.54, 1.807) is 7.11 Å². The zero-order valence-electron chi connectivity index (χ0n) is 9.36. The largest absolute Gasteiger partial charge is 0.379 e. The second kappa shape index (κ2) is 4.83. The number of hydrogen-bond acceptors (Lipinski definition) is 2. The average molecular weight is 205 g/mol. The molecule has 2 aliphatic rings. The lowest BCUT2D eigenvalue weighted by atomic mass is 9.88. The summed E-state index contributed by atoms with van der Waals surface area (Å²) < 4.78 is 5.25. The lowest BCUT2D eigenvalue weighted by Gasteiger charge is -2.40. The molecule has 1 fully saturated rings. The first-order valence-corrected chi connectivity index (χ1v) is 5.71. The first-order chi connectivity index (χ1) is 7.31. The summed E-state index contributed by atoms with van der Waals surface area (Å²) in [6.07, 6.45) is 12.7. The molecule has 1 saturated heterocycles. The van der Waals surface area contributed by atoms with Crippen LogP contribution in [0.3, 0.4) is 0 Å². The molecule has 2 heteroatoms. The van der Waals surface area contributed by atoms with Gasteiger partial charge >= 0.3 is 0 Å².